The summed E-state index contributed by atoms with van der Waals surface area (Å²) in [6, 6.07) is 10.7. The molecule has 35 heavy (non-hydrogen) atoms. The first-order chi connectivity index (χ1) is 16.9. The van der Waals surface area contributed by atoms with Crippen molar-refractivity contribution in [3.63, 3.8) is 0 Å². The van der Waals surface area contributed by atoms with Crippen molar-refractivity contribution in [2.24, 2.45) is 0 Å². The number of phenols is 1. The molecule has 0 amide bonds. The molecule has 2 N–H and O–H groups in total. The van der Waals surface area contributed by atoms with Crippen LogP contribution in [0.3, 0.4) is 0 Å². The zero-order chi connectivity index (χ0) is 24.7. The van der Waals surface area contributed by atoms with Gasteiger partial charge in [-0.3, -0.25) is 4.79 Å². The predicted octanol–water partition coefficient (Wildman–Crippen LogP) is 4.25. The van der Waals surface area contributed by atoms with Gasteiger partial charge in [-0.1, -0.05) is 30.8 Å². The lowest BCUT2D eigenvalue weighted by molar-refractivity contribution is -0.108. The number of aromatic hydroxyl groups is 2. The third-order valence-electron chi connectivity index (χ3n) is 6.05. The summed E-state index contributed by atoms with van der Waals surface area (Å²) < 4.78 is 17.9. The van der Waals surface area contributed by atoms with Crippen LogP contribution >= 0.6 is 23.1 Å². The van der Waals surface area contributed by atoms with E-state index >= 15 is 0 Å². The van der Waals surface area contributed by atoms with Crippen LogP contribution in [0.4, 0.5) is 0 Å². The average molecular weight is 509 g/mol. The summed E-state index contributed by atoms with van der Waals surface area (Å²) in [5.74, 6) is 2.05. The fraction of sp³-hybridized carbons (Fsp3) is 0.222. The lowest BCUT2D eigenvalue weighted by atomic mass is 9.80. The first kappa shape index (κ1) is 23.4. The number of benzene rings is 2. The van der Waals surface area contributed by atoms with E-state index in [9.17, 15) is 15.0 Å². The van der Waals surface area contributed by atoms with Crippen LogP contribution in [-0.2, 0) is 4.79 Å². The number of allylic oxidation sites excluding steroid dienone is 1. The van der Waals surface area contributed by atoms with E-state index in [0.29, 0.717) is 38.7 Å². The van der Waals surface area contributed by atoms with Gasteiger partial charge in [0.1, 0.15) is 5.75 Å². The van der Waals surface area contributed by atoms with Gasteiger partial charge in [0, 0.05) is 21.6 Å². The second-order valence-corrected chi connectivity index (χ2v) is 10.5. The van der Waals surface area contributed by atoms with Gasteiger partial charge in [0.15, 0.2) is 23.0 Å². The minimum Gasteiger partial charge on any atom is -0.506 e. The topological polar surface area (TPSA) is 85.2 Å². The van der Waals surface area contributed by atoms with Gasteiger partial charge < -0.3 is 24.4 Å². The first-order valence-corrected chi connectivity index (χ1v) is 12.9. The molecule has 1 aliphatic heterocycles. The summed E-state index contributed by atoms with van der Waals surface area (Å²) in [4.78, 5) is 13.3. The van der Waals surface area contributed by atoms with Crippen molar-refractivity contribution in [1.29, 1.82) is 0 Å². The lowest BCUT2D eigenvalue weighted by Crippen LogP contribution is -2.21. The molecular formula is C27H24O6S2. The minimum absolute atomic E-state index is 0.00559. The van der Waals surface area contributed by atoms with Crippen molar-refractivity contribution >= 4 is 40.4 Å². The molecule has 1 aromatic heterocycles. The van der Waals surface area contributed by atoms with Crippen molar-refractivity contribution in [2.45, 2.75) is 19.8 Å². The van der Waals surface area contributed by atoms with Crippen LogP contribution in [0.1, 0.15) is 36.5 Å². The Hall–Kier alpha value is -3.36. The minimum atomic E-state index is -0.441. The van der Waals surface area contributed by atoms with Crippen LogP contribution in [0.2, 0.25) is 0 Å². The molecule has 0 radical (unpaired) electrons. The van der Waals surface area contributed by atoms with Crippen LogP contribution in [-0.4, -0.2) is 35.0 Å². The third kappa shape index (κ3) is 4.17. The molecule has 0 fully saturated rings. The third-order valence-corrected chi connectivity index (χ3v) is 7.91. The largest absolute Gasteiger partial charge is 0.506 e. The summed E-state index contributed by atoms with van der Waals surface area (Å²) >= 11 is 2.72. The number of methoxy groups -OCH3 is 1. The zero-order valence-electron chi connectivity index (χ0n) is 19.5. The summed E-state index contributed by atoms with van der Waals surface area (Å²) in [7, 11) is 1.49. The highest BCUT2D eigenvalue weighted by atomic mass is 32.2. The SMILES string of the molecule is CCSC(=O)C1=C(C)C=c2sc(=Cc3ccc(O)c(OC)c3)c(O)c2C1c1ccc2c(c1)OCO2. The maximum absolute atomic E-state index is 13.3. The lowest BCUT2D eigenvalue weighted by Gasteiger charge is -2.24. The number of hydrogen-bond donors (Lipinski definition) is 2. The number of carbonyl (C=O) groups excluding carboxylic acids is 1. The van der Waals surface area contributed by atoms with Crippen LogP contribution in [0.5, 0.6) is 28.7 Å². The standard InChI is InChI=1S/C27H24O6S2/c1-4-34-27(30)23-14(2)9-21-25(24(23)16-6-8-18-20(12-16)33-13-32-18)26(29)22(35-21)11-15-5-7-17(28)19(10-15)31-3/h5-12,24,28-29H,4,13H2,1-3H3. The van der Waals surface area contributed by atoms with Crippen LogP contribution in [0.15, 0.2) is 47.5 Å². The Balaban J connectivity index is 1.70. The molecule has 2 heterocycles. The van der Waals surface area contributed by atoms with Gasteiger partial charge in [0.05, 0.1) is 11.6 Å². The quantitative estimate of drug-likeness (QED) is 0.533. The molecule has 0 spiro atoms. The van der Waals surface area contributed by atoms with Gasteiger partial charge in [-0.15, -0.1) is 11.3 Å². The number of carbonyl (C=O) groups is 1. The van der Waals surface area contributed by atoms with Crippen LogP contribution < -0.4 is 23.3 Å². The van der Waals surface area contributed by atoms with E-state index in [2.05, 4.69) is 0 Å². The molecule has 0 saturated carbocycles. The molecule has 6 nitrogen and oxygen atoms in total. The number of thioether (sulfide) groups is 1. The Kier molecular flexibility index (Phi) is 6.25. The Morgan fingerprint density at radius 2 is 2.00 bits per heavy atom. The number of ether oxygens (including phenoxy) is 3. The molecule has 2 aliphatic rings. The van der Waals surface area contributed by atoms with Gasteiger partial charge in [0.2, 0.25) is 11.9 Å². The van der Waals surface area contributed by atoms with E-state index in [1.165, 1.54) is 30.2 Å². The summed E-state index contributed by atoms with van der Waals surface area (Å²) in [6.07, 6.45) is 3.82. The van der Waals surface area contributed by atoms with Gasteiger partial charge in [-0.25, -0.2) is 0 Å². The van der Waals surface area contributed by atoms with Crippen molar-refractivity contribution in [3.05, 3.63) is 73.3 Å². The maximum Gasteiger partial charge on any atom is 0.231 e. The fourth-order valence-electron chi connectivity index (χ4n) is 4.45. The molecule has 1 aliphatic carbocycles. The van der Waals surface area contributed by atoms with Crippen molar-refractivity contribution < 1.29 is 29.2 Å². The normalized spacial score (nSPS) is 16.8. The van der Waals surface area contributed by atoms with Crippen LogP contribution in [0, 0.1) is 0 Å². The highest BCUT2D eigenvalue weighted by Crippen LogP contribution is 2.44. The number of fused-ring (bicyclic) bond motifs is 2. The van der Waals surface area contributed by atoms with E-state index in [4.69, 9.17) is 14.2 Å². The number of phenolic OH excluding ortho intramolecular Hbond substituents is 1. The molecule has 1 atom stereocenters. The molecule has 180 valence electrons. The Labute approximate surface area is 210 Å². The number of hydrogen-bond acceptors (Lipinski definition) is 8. The maximum atomic E-state index is 13.3. The van der Waals surface area contributed by atoms with E-state index < -0.39 is 5.92 Å². The second kappa shape index (κ2) is 9.36. The highest BCUT2D eigenvalue weighted by Gasteiger charge is 2.34. The first-order valence-electron chi connectivity index (χ1n) is 11.1. The molecule has 0 saturated heterocycles. The molecule has 2 aromatic carbocycles. The van der Waals surface area contributed by atoms with Crippen molar-refractivity contribution in [1.82, 2.24) is 0 Å². The molecular weight excluding hydrogens is 484 g/mol. The molecule has 8 heteroatoms. The zero-order valence-corrected chi connectivity index (χ0v) is 21.1. The van der Waals surface area contributed by atoms with Gasteiger partial charge in [-0.05, 0) is 65.8 Å². The molecule has 5 rings (SSSR count). The molecule has 3 aromatic rings. The number of rotatable bonds is 5. The highest BCUT2D eigenvalue weighted by molar-refractivity contribution is 8.14. The monoisotopic (exact) mass is 508 g/mol. The fourth-order valence-corrected chi connectivity index (χ4v) is 6.35. The van der Waals surface area contributed by atoms with Crippen molar-refractivity contribution in [3.8, 4) is 28.7 Å². The Bertz CT molecular complexity index is 1480. The molecule has 0 bridgehead atoms. The van der Waals surface area contributed by atoms with Gasteiger partial charge in [-0.2, -0.15) is 0 Å². The van der Waals surface area contributed by atoms with Gasteiger partial charge >= 0.3 is 0 Å². The van der Waals surface area contributed by atoms with Gasteiger partial charge in [0.25, 0.3) is 0 Å². The summed E-state index contributed by atoms with van der Waals surface area (Å²) in [6.45, 7) is 4.05. The van der Waals surface area contributed by atoms with Crippen molar-refractivity contribution in [2.75, 3.05) is 19.7 Å². The Morgan fingerprint density at radius 3 is 2.77 bits per heavy atom. The van der Waals surface area contributed by atoms with E-state index in [1.807, 2.05) is 44.2 Å². The van der Waals surface area contributed by atoms with E-state index in [0.717, 1.165) is 21.2 Å². The predicted molar refractivity (Wildman–Crippen MR) is 138 cm³/mol. The molecule has 1 unspecified atom stereocenters. The van der Waals surface area contributed by atoms with E-state index in [-0.39, 0.29) is 23.4 Å². The Morgan fingerprint density at radius 1 is 1.20 bits per heavy atom. The number of thiophene rings is 1. The summed E-state index contributed by atoms with van der Waals surface area (Å²) in [5.41, 5.74) is 3.88. The average Bonchev–Trinajstić information content (AvgIpc) is 3.43. The van der Waals surface area contributed by atoms with E-state index in [1.54, 1.807) is 18.2 Å². The smallest absolute Gasteiger partial charge is 0.231 e. The second-order valence-electron chi connectivity index (χ2n) is 8.18. The van der Waals surface area contributed by atoms with Crippen LogP contribution in [0.25, 0.3) is 12.2 Å². The summed E-state index contributed by atoms with van der Waals surface area (Å²) in [5, 5.41) is 21.4.